The molecule has 1 unspecified atom stereocenters. The third kappa shape index (κ3) is 5.07. The second-order valence-corrected chi connectivity index (χ2v) is 6.99. The molecule has 3 rings (SSSR count). The molecule has 140 valence electrons. The van der Waals surface area contributed by atoms with E-state index in [9.17, 15) is 4.79 Å². The minimum absolute atomic E-state index is 0.0962. The lowest BCUT2D eigenvalue weighted by molar-refractivity contribution is 0.642. The number of nitrogens with one attached hydrogen (secondary N) is 2. The molecule has 0 saturated heterocycles. The first-order valence-corrected chi connectivity index (χ1v) is 9.86. The fourth-order valence-corrected chi connectivity index (χ4v) is 2.83. The van der Waals surface area contributed by atoms with Gasteiger partial charge in [-0.05, 0) is 30.4 Å². The molecular weight excluding hydrogens is 360 g/mol. The third-order valence-electron chi connectivity index (χ3n) is 3.96. The van der Waals surface area contributed by atoms with Gasteiger partial charge in [-0.25, -0.2) is 9.97 Å². The normalized spacial score (nSPS) is 11.8. The van der Waals surface area contributed by atoms with Crippen molar-refractivity contribution in [2.75, 3.05) is 30.0 Å². The molecule has 0 aliphatic carbocycles. The van der Waals surface area contributed by atoms with Crippen LogP contribution in [0.5, 0.6) is 0 Å². The Hall–Kier alpha value is -2.87. The predicted molar refractivity (Wildman–Crippen MR) is 110 cm³/mol. The maximum Gasteiger partial charge on any atom is 0.256 e. The molecular formula is C19H22N6OS. The van der Waals surface area contributed by atoms with Crippen molar-refractivity contribution in [3.8, 4) is 5.69 Å². The zero-order valence-electron chi connectivity index (χ0n) is 15.3. The van der Waals surface area contributed by atoms with Gasteiger partial charge in [0, 0.05) is 42.6 Å². The van der Waals surface area contributed by atoms with Gasteiger partial charge in [0.25, 0.3) is 5.56 Å². The standard InChI is InChI=1S/C19H22N6OS/c1-14(10-22-19-23-12-16(27-2)13-24-19)9-21-17-6-3-7-18(26)25(17)15-5-4-8-20-11-15/h3-8,11-14,21H,9-10H2,1-2H3,(H,22,23,24). The fourth-order valence-electron chi connectivity index (χ4n) is 2.51. The summed E-state index contributed by atoms with van der Waals surface area (Å²) in [5.74, 6) is 1.65. The Kier molecular flexibility index (Phi) is 6.43. The highest BCUT2D eigenvalue weighted by atomic mass is 32.2. The van der Waals surface area contributed by atoms with Gasteiger partial charge >= 0.3 is 0 Å². The second kappa shape index (κ2) is 9.18. The SMILES string of the molecule is CSc1cnc(NCC(C)CNc2cccc(=O)n2-c2cccnc2)nc1. The summed E-state index contributed by atoms with van der Waals surface area (Å²) in [6, 6.07) is 8.85. The van der Waals surface area contributed by atoms with Crippen molar-refractivity contribution in [3.05, 3.63) is 65.5 Å². The molecule has 0 aliphatic heterocycles. The zero-order chi connectivity index (χ0) is 19.1. The van der Waals surface area contributed by atoms with E-state index < -0.39 is 0 Å². The molecule has 0 saturated carbocycles. The van der Waals surface area contributed by atoms with Gasteiger partial charge in [-0.3, -0.25) is 14.3 Å². The molecule has 7 nitrogen and oxygen atoms in total. The number of anilines is 2. The van der Waals surface area contributed by atoms with Crippen LogP contribution >= 0.6 is 11.8 Å². The highest BCUT2D eigenvalue weighted by molar-refractivity contribution is 7.98. The average Bonchev–Trinajstić information content (AvgIpc) is 2.71. The highest BCUT2D eigenvalue weighted by Gasteiger charge is 2.08. The van der Waals surface area contributed by atoms with Crippen molar-refractivity contribution in [1.82, 2.24) is 19.5 Å². The van der Waals surface area contributed by atoms with E-state index in [1.54, 1.807) is 53.2 Å². The summed E-state index contributed by atoms with van der Waals surface area (Å²) in [6.07, 6.45) is 8.96. The minimum Gasteiger partial charge on any atom is -0.371 e. The number of hydrogen-bond donors (Lipinski definition) is 2. The molecule has 8 heteroatoms. The molecule has 3 heterocycles. The third-order valence-corrected chi connectivity index (χ3v) is 4.64. The van der Waals surface area contributed by atoms with Crippen molar-refractivity contribution in [3.63, 3.8) is 0 Å². The second-order valence-electron chi connectivity index (χ2n) is 6.11. The van der Waals surface area contributed by atoms with Crippen molar-refractivity contribution >= 4 is 23.5 Å². The van der Waals surface area contributed by atoms with Crippen molar-refractivity contribution < 1.29 is 0 Å². The summed E-state index contributed by atoms with van der Waals surface area (Å²) in [5.41, 5.74) is 0.639. The first-order chi connectivity index (χ1) is 13.2. The zero-order valence-corrected chi connectivity index (χ0v) is 16.1. The molecule has 27 heavy (non-hydrogen) atoms. The number of nitrogens with zero attached hydrogens (tertiary/aromatic N) is 4. The van der Waals surface area contributed by atoms with Crippen molar-refractivity contribution in [2.24, 2.45) is 5.92 Å². The lowest BCUT2D eigenvalue weighted by Gasteiger charge is -2.17. The minimum atomic E-state index is -0.0962. The molecule has 3 aromatic rings. The number of aromatic nitrogens is 4. The predicted octanol–water partition coefficient (Wildman–Crippen LogP) is 2.90. The summed E-state index contributed by atoms with van der Waals surface area (Å²) in [4.78, 5) is 26.0. The van der Waals surface area contributed by atoms with Crippen LogP contribution in [0.1, 0.15) is 6.92 Å². The van der Waals surface area contributed by atoms with Gasteiger partial charge in [-0.1, -0.05) is 13.0 Å². The largest absolute Gasteiger partial charge is 0.371 e. The highest BCUT2D eigenvalue weighted by Crippen LogP contribution is 2.14. The summed E-state index contributed by atoms with van der Waals surface area (Å²) >= 11 is 1.61. The van der Waals surface area contributed by atoms with Crippen LogP contribution < -0.4 is 16.2 Å². The first kappa shape index (κ1) is 18.9. The first-order valence-electron chi connectivity index (χ1n) is 8.63. The summed E-state index contributed by atoms with van der Waals surface area (Å²) < 4.78 is 1.62. The van der Waals surface area contributed by atoms with Crippen LogP contribution in [0, 0.1) is 5.92 Å². The Bertz CT molecular complexity index is 913. The number of hydrogen-bond acceptors (Lipinski definition) is 7. The molecule has 3 aromatic heterocycles. The lowest BCUT2D eigenvalue weighted by Crippen LogP contribution is -2.25. The Morgan fingerprint density at radius 2 is 1.85 bits per heavy atom. The fraction of sp³-hybridized carbons (Fsp3) is 0.263. The topological polar surface area (TPSA) is 84.7 Å². The maximum absolute atomic E-state index is 12.3. The van der Waals surface area contributed by atoms with Crippen LogP contribution in [0.15, 0.2) is 64.8 Å². The van der Waals surface area contributed by atoms with Crippen LogP contribution in [0.2, 0.25) is 0 Å². The van der Waals surface area contributed by atoms with E-state index >= 15 is 0 Å². The van der Waals surface area contributed by atoms with Gasteiger partial charge in [-0.2, -0.15) is 0 Å². The quantitative estimate of drug-likeness (QED) is 0.580. The Morgan fingerprint density at radius 3 is 2.56 bits per heavy atom. The summed E-state index contributed by atoms with van der Waals surface area (Å²) in [5, 5.41) is 6.60. The van der Waals surface area contributed by atoms with Crippen molar-refractivity contribution in [1.29, 1.82) is 0 Å². The molecule has 0 spiro atoms. The molecule has 2 N–H and O–H groups in total. The van der Waals surface area contributed by atoms with Crippen LogP contribution in [-0.2, 0) is 0 Å². The van der Waals surface area contributed by atoms with Gasteiger partial charge in [0.15, 0.2) is 0 Å². The van der Waals surface area contributed by atoms with Gasteiger partial charge in [0.2, 0.25) is 5.95 Å². The van der Waals surface area contributed by atoms with E-state index in [0.717, 1.165) is 22.9 Å². The molecule has 0 amide bonds. The molecule has 0 bridgehead atoms. The molecule has 0 aromatic carbocycles. The van der Waals surface area contributed by atoms with Crippen LogP contribution in [-0.4, -0.2) is 38.9 Å². The number of thioether (sulfide) groups is 1. The average molecular weight is 382 g/mol. The van der Waals surface area contributed by atoms with E-state index in [1.165, 1.54) is 0 Å². The maximum atomic E-state index is 12.3. The number of rotatable bonds is 8. The van der Waals surface area contributed by atoms with E-state index in [0.29, 0.717) is 18.4 Å². The van der Waals surface area contributed by atoms with Crippen molar-refractivity contribution in [2.45, 2.75) is 11.8 Å². The molecule has 1 atom stereocenters. The Balaban J connectivity index is 1.61. The lowest BCUT2D eigenvalue weighted by atomic mass is 10.2. The smallest absolute Gasteiger partial charge is 0.256 e. The summed E-state index contributed by atoms with van der Waals surface area (Å²) in [7, 11) is 0. The van der Waals surface area contributed by atoms with Gasteiger partial charge in [0.05, 0.1) is 11.9 Å². The number of pyridine rings is 2. The molecule has 0 radical (unpaired) electrons. The van der Waals surface area contributed by atoms with Gasteiger partial charge in [0.1, 0.15) is 5.82 Å². The Morgan fingerprint density at radius 1 is 1.07 bits per heavy atom. The molecule has 0 fully saturated rings. The van der Waals surface area contributed by atoms with E-state index in [2.05, 4.69) is 32.5 Å². The van der Waals surface area contributed by atoms with E-state index in [-0.39, 0.29) is 5.56 Å². The van der Waals surface area contributed by atoms with Gasteiger partial charge in [-0.15, -0.1) is 11.8 Å². The van der Waals surface area contributed by atoms with E-state index in [4.69, 9.17) is 0 Å². The van der Waals surface area contributed by atoms with Crippen LogP contribution in [0.3, 0.4) is 0 Å². The van der Waals surface area contributed by atoms with E-state index in [1.807, 2.05) is 24.5 Å². The Labute approximate surface area is 162 Å². The molecule has 0 aliphatic rings. The van der Waals surface area contributed by atoms with Crippen LogP contribution in [0.25, 0.3) is 5.69 Å². The van der Waals surface area contributed by atoms with Crippen LogP contribution in [0.4, 0.5) is 11.8 Å². The van der Waals surface area contributed by atoms with Gasteiger partial charge < -0.3 is 10.6 Å². The summed E-state index contributed by atoms with van der Waals surface area (Å²) in [6.45, 7) is 3.53. The monoisotopic (exact) mass is 382 g/mol.